The number of alkyl halides is 2. The molecule has 2 aromatic rings. The fraction of sp³-hybridized carbons (Fsp3) is 0.273. The van der Waals surface area contributed by atoms with Crippen LogP contribution >= 0.6 is 0 Å². The van der Waals surface area contributed by atoms with Gasteiger partial charge in [-0.15, -0.1) is 0 Å². The molecule has 0 aliphatic carbocycles. The molecule has 1 aliphatic heterocycles. The van der Waals surface area contributed by atoms with Crippen molar-refractivity contribution in [1.82, 2.24) is 15.1 Å². The molecule has 0 aromatic heterocycles. The van der Waals surface area contributed by atoms with Crippen molar-refractivity contribution in [3.8, 4) is 5.75 Å². The van der Waals surface area contributed by atoms with Crippen molar-refractivity contribution in [3.63, 3.8) is 0 Å². The molecule has 5 amide bonds. The number of hydrogen-bond acceptors (Lipinski definition) is 5. The molecule has 0 radical (unpaired) electrons. The zero-order valence-corrected chi connectivity index (χ0v) is 17.2. The van der Waals surface area contributed by atoms with Gasteiger partial charge in [0, 0.05) is 6.54 Å². The van der Waals surface area contributed by atoms with E-state index in [1.165, 1.54) is 12.1 Å². The Labute approximate surface area is 182 Å². The summed E-state index contributed by atoms with van der Waals surface area (Å²) < 4.78 is 28.6. The minimum atomic E-state index is -2.91. The molecule has 2 aromatic carbocycles. The van der Waals surface area contributed by atoms with E-state index in [9.17, 15) is 28.0 Å². The molecule has 1 heterocycles. The van der Waals surface area contributed by atoms with Crippen LogP contribution in [0.2, 0.25) is 0 Å². The van der Waals surface area contributed by atoms with Gasteiger partial charge >= 0.3 is 24.5 Å². The SMILES string of the molecule is CC(c1ccccc1)N1C(=O)C(=O)N(CC(=O)NCCc2ccc(OC(F)F)cc2)C1=O. The number of urea groups is 1. The number of halogens is 2. The van der Waals surface area contributed by atoms with Crippen molar-refractivity contribution in [2.75, 3.05) is 13.1 Å². The first kappa shape index (κ1) is 22.9. The molecule has 1 saturated heterocycles. The Morgan fingerprint density at radius 1 is 1.00 bits per heavy atom. The second-order valence-electron chi connectivity index (χ2n) is 7.06. The predicted octanol–water partition coefficient (Wildman–Crippen LogP) is 2.50. The van der Waals surface area contributed by atoms with Crippen LogP contribution in [0.3, 0.4) is 0 Å². The maximum Gasteiger partial charge on any atom is 0.387 e. The highest BCUT2D eigenvalue weighted by molar-refractivity contribution is 6.45. The Morgan fingerprint density at radius 2 is 1.66 bits per heavy atom. The van der Waals surface area contributed by atoms with Gasteiger partial charge in [-0.1, -0.05) is 42.5 Å². The van der Waals surface area contributed by atoms with Crippen LogP contribution in [-0.4, -0.2) is 53.3 Å². The second-order valence-corrected chi connectivity index (χ2v) is 7.06. The Morgan fingerprint density at radius 3 is 2.28 bits per heavy atom. The van der Waals surface area contributed by atoms with Gasteiger partial charge in [-0.2, -0.15) is 8.78 Å². The van der Waals surface area contributed by atoms with Crippen LogP contribution in [0.25, 0.3) is 0 Å². The number of hydrogen-bond donors (Lipinski definition) is 1. The molecule has 1 unspecified atom stereocenters. The molecular formula is C22H21F2N3O5. The van der Waals surface area contributed by atoms with Gasteiger partial charge in [0.25, 0.3) is 0 Å². The molecule has 168 valence electrons. The van der Waals surface area contributed by atoms with Crippen LogP contribution in [0.5, 0.6) is 5.75 Å². The highest BCUT2D eigenvalue weighted by atomic mass is 19.3. The number of imide groups is 2. The Balaban J connectivity index is 1.53. The largest absolute Gasteiger partial charge is 0.435 e. The summed E-state index contributed by atoms with van der Waals surface area (Å²) in [7, 11) is 0. The Bertz CT molecular complexity index is 998. The molecule has 1 atom stereocenters. The third kappa shape index (κ3) is 5.26. The average Bonchev–Trinajstić information content (AvgIpc) is 2.98. The van der Waals surface area contributed by atoms with E-state index in [4.69, 9.17) is 0 Å². The van der Waals surface area contributed by atoms with Gasteiger partial charge in [0.15, 0.2) is 0 Å². The van der Waals surface area contributed by atoms with Gasteiger partial charge in [-0.3, -0.25) is 14.4 Å². The standard InChI is InChI=1S/C22H21F2N3O5/c1-14(16-5-3-2-4-6-16)27-20(30)19(29)26(22(27)31)13-18(28)25-12-11-15-7-9-17(10-8-15)32-21(23)24/h2-10,14,21H,11-13H2,1H3,(H,25,28). The lowest BCUT2D eigenvalue weighted by Gasteiger charge is -2.22. The van der Waals surface area contributed by atoms with Crippen molar-refractivity contribution >= 4 is 23.8 Å². The molecule has 8 nitrogen and oxygen atoms in total. The number of carbonyl (C=O) groups is 4. The van der Waals surface area contributed by atoms with E-state index in [-0.39, 0.29) is 12.3 Å². The monoisotopic (exact) mass is 445 g/mol. The number of carbonyl (C=O) groups excluding carboxylic acids is 4. The Hall–Kier alpha value is -3.82. The minimum Gasteiger partial charge on any atom is -0.435 e. The van der Waals surface area contributed by atoms with Crippen LogP contribution < -0.4 is 10.1 Å². The van der Waals surface area contributed by atoms with Crippen molar-refractivity contribution < 1.29 is 32.7 Å². The number of benzene rings is 2. The highest BCUT2D eigenvalue weighted by Crippen LogP contribution is 2.26. The molecule has 10 heteroatoms. The number of ether oxygens (including phenoxy) is 1. The second kappa shape index (κ2) is 9.99. The van der Waals surface area contributed by atoms with E-state index in [1.807, 2.05) is 0 Å². The first-order valence-electron chi connectivity index (χ1n) is 9.82. The zero-order valence-electron chi connectivity index (χ0n) is 17.2. The first-order valence-corrected chi connectivity index (χ1v) is 9.82. The van der Waals surface area contributed by atoms with Crippen LogP contribution in [0.4, 0.5) is 13.6 Å². The zero-order chi connectivity index (χ0) is 23.3. The predicted molar refractivity (Wildman–Crippen MR) is 109 cm³/mol. The summed E-state index contributed by atoms with van der Waals surface area (Å²) in [5.41, 5.74) is 1.44. The maximum atomic E-state index is 12.6. The van der Waals surface area contributed by atoms with E-state index < -0.39 is 43.0 Å². The van der Waals surface area contributed by atoms with E-state index in [0.717, 1.165) is 10.5 Å². The van der Waals surface area contributed by atoms with Gasteiger partial charge in [0.05, 0.1) is 6.04 Å². The topological polar surface area (TPSA) is 96.0 Å². The van der Waals surface area contributed by atoms with Gasteiger partial charge in [-0.05, 0) is 36.6 Å². The average molecular weight is 445 g/mol. The smallest absolute Gasteiger partial charge is 0.387 e. The summed E-state index contributed by atoms with van der Waals surface area (Å²) in [6.45, 7) is -1.68. The van der Waals surface area contributed by atoms with Gasteiger partial charge in [-0.25, -0.2) is 14.6 Å². The summed E-state index contributed by atoms with van der Waals surface area (Å²) in [5, 5.41) is 2.57. The lowest BCUT2D eigenvalue weighted by molar-refractivity contribution is -0.144. The molecule has 1 N–H and O–H groups in total. The van der Waals surface area contributed by atoms with Crippen molar-refractivity contribution in [2.24, 2.45) is 0 Å². The van der Waals surface area contributed by atoms with Crippen molar-refractivity contribution in [1.29, 1.82) is 0 Å². The summed E-state index contributed by atoms with van der Waals surface area (Å²) in [4.78, 5) is 50.9. The molecule has 3 rings (SSSR count). The fourth-order valence-corrected chi connectivity index (χ4v) is 3.27. The summed E-state index contributed by atoms with van der Waals surface area (Å²) in [6.07, 6.45) is 0.388. The first-order chi connectivity index (χ1) is 15.3. The summed E-state index contributed by atoms with van der Waals surface area (Å²) in [5.74, 6) is -2.61. The quantitative estimate of drug-likeness (QED) is 0.473. The molecule has 1 aliphatic rings. The lowest BCUT2D eigenvalue weighted by Crippen LogP contribution is -2.42. The highest BCUT2D eigenvalue weighted by Gasteiger charge is 2.47. The minimum absolute atomic E-state index is 0.0257. The number of nitrogens with zero attached hydrogens (tertiary/aromatic N) is 2. The number of rotatable bonds is 9. The third-order valence-corrected chi connectivity index (χ3v) is 4.94. The normalized spacial score (nSPS) is 14.8. The van der Waals surface area contributed by atoms with E-state index in [2.05, 4.69) is 10.1 Å². The van der Waals surface area contributed by atoms with E-state index >= 15 is 0 Å². The van der Waals surface area contributed by atoms with Crippen LogP contribution in [-0.2, 0) is 20.8 Å². The van der Waals surface area contributed by atoms with Gasteiger partial charge in [0.2, 0.25) is 5.91 Å². The third-order valence-electron chi connectivity index (χ3n) is 4.94. The summed E-state index contributed by atoms with van der Waals surface area (Å²) >= 11 is 0. The summed E-state index contributed by atoms with van der Waals surface area (Å²) in [6, 6.07) is 13.2. The van der Waals surface area contributed by atoms with Crippen LogP contribution in [0, 0.1) is 0 Å². The van der Waals surface area contributed by atoms with E-state index in [1.54, 1.807) is 49.4 Å². The molecule has 32 heavy (non-hydrogen) atoms. The number of nitrogens with one attached hydrogen (secondary N) is 1. The fourth-order valence-electron chi connectivity index (χ4n) is 3.27. The molecular weight excluding hydrogens is 424 g/mol. The lowest BCUT2D eigenvalue weighted by atomic mass is 10.1. The van der Waals surface area contributed by atoms with Crippen LogP contribution in [0.1, 0.15) is 24.1 Å². The Kier molecular flexibility index (Phi) is 7.14. The molecule has 1 fully saturated rings. The van der Waals surface area contributed by atoms with E-state index in [0.29, 0.717) is 16.9 Å². The maximum absolute atomic E-state index is 12.6. The van der Waals surface area contributed by atoms with Gasteiger partial charge in [0.1, 0.15) is 12.3 Å². The number of amides is 5. The van der Waals surface area contributed by atoms with Gasteiger partial charge < -0.3 is 10.1 Å². The van der Waals surface area contributed by atoms with Crippen molar-refractivity contribution in [2.45, 2.75) is 26.0 Å². The molecule has 0 spiro atoms. The van der Waals surface area contributed by atoms with Crippen LogP contribution in [0.15, 0.2) is 54.6 Å². The molecule has 0 bridgehead atoms. The molecule has 0 saturated carbocycles. The van der Waals surface area contributed by atoms with Crippen molar-refractivity contribution in [3.05, 3.63) is 65.7 Å².